The minimum atomic E-state index is -4.52. The van der Waals surface area contributed by atoms with Crippen LogP contribution < -0.4 is 0 Å². The van der Waals surface area contributed by atoms with Gasteiger partial charge in [-0.1, -0.05) is 16.8 Å². The quantitative estimate of drug-likeness (QED) is 0.732. The minimum Gasteiger partial charge on any atom is -0.329 e. The van der Waals surface area contributed by atoms with Crippen molar-refractivity contribution in [3.05, 3.63) is 58.9 Å². The first-order valence-electron chi connectivity index (χ1n) is 6.60. The third-order valence-electron chi connectivity index (χ3n) is 3.32. The van der Waals surface area contributed by atoms with Crippen molar-refractivity contribution >= 4 is 11.6 Å². The van der Waals surface area contributed by atoms with Gasteiger partial charge in [-0.15, -0.1) is 5.10 Å². The number of hydrogen-bond donors (Lipinski definition) is 0. The number of hydrogen-bond acceptors (Lipinski definition) is 3. The molecule has 0 amide bonds. The van der Waals surface area contributed by atoms with E-state index in [4.69, 9.17) is 11.6 Å². The maximum Gasteiger partial charge on any atom is 0.417 e. The van der Waals surface area contributed by atoms with Gasteiger partial charge in [-0.25, -0.2) is 9.67 Å². The standard InChI is InChI=1S/C14H11ClF3N5/c1-9-19-4-5-22(9)7-10-8-23(21-20-10)11-2-3-13(15)12(6-11)14(16,17)18/h2-6,8H,7H2,1H3. The number of imidazole rings is 1. The van der Waals surface area contributed by atoms with E-state index in [0.717, 1.165) is 11.9 Å². The lowest BCUT2D eigenvalue weighted by Gasteiger charge is -2.10. The third kappa shape index (κ3) is 3.21. The molecule has 9 heteroatoms. The van der Waals surface area contributed by atoms with Crippen LogP contribution in [0.5, 0.6) is 0 Å². The van der Waals surface area contributed by atoms with Crippen LogP contribution >= 0.6 is 11.6 Å². The normalized spacial score (nSPS) is 11.9. The SMILES string of the molecule is Cc1nccn1Cc1cn(-c2ccc(Cl)c(C(F)(F)F)c2)nn1. The fraction of sp³-hybridized carbons (Fsp3) is 0.214. The fourth-order valence-electron chi connectivity index (χ4n) is 2.12. The van der Waals surface area contributed by atoms with E-state index >= 15 is 0 Å². The molecule has 0 N–H and O–H groups in total. The highest BCUT2D eigenvalue weighted by molar-refractivity contribution is 6.31. The second kappa shape index (κ2) is 5.69. The number of alkyl halides is 3. The predicted molar refractivity (Wildman–Crippen MR) is 77.4 cm³/mol. The van der Waals surface area contributed by atoms with Crippen LogP contribution in [0.3, 0.4) is 0 Å². The number of nitrogens with zero attached hydrogens (tertiary/aromatic N) is 5. The first-order chi connectivity index (χ1) is 10.8. The van der Waals surface area contributed by atoms with Gasteiger partial charge in [-0.05, 0) is 25.1 Å². The van der Waals surface area contributed by atoms with Crippen LogP contribution in [-0.4, -0.2) is 24.5 Å². The van der Waals surface area contributed by atoms with Crippen LogP contribution in [0.1, 0.15) is 17.1 Å². The van der Waals surface area contributed by atoms with Crippen LogP contribution in [0.15, 0.2) is 36.8 Å². The van der Waals surface area contributed by atoms with Crippen molar-refractivity contribution in [1.29, 1.82) is 0 Å². The Balaban J connectivity index is 1.90. The van der Waals surface area contributed by atoms with Gasteiger partial charge in [0.15, 0.2) is 0 Å². The van der Waals surface area contributed by atoms with Crippen molar-refractivity contribution in [2.45, 2.75) is 19.6 Å². The first kappa shape index (κ1) is 15.5. The van der Waals surface area contributed by atoms with Gasteiger partial charge in [0.1, 0.15) is 11.5 Å². The van der Waals surface area contributed by atoms with E-state index in [-0.39, 0.29) is 10.7 Å². The second-order valence-corrected chi connectivity index (χ2v) is 5.33. The van der Waals surface area contributed by atoms with Gasteiger partial charge in [-0.3, -0.25) is 0 Å². The van der Waals surface area contributed by atoms with Gasteiger partial charge in [0.25, 0.3) is 0 Å². The van der Waals surface area contributed by atoms with E-state index in [9.17, 15) is 13.2 Å². The lowest BCUT2D eigenvalue weighted by molar-refractivity contribution is -0.137. The molecule has 120 valence electrons. The highest BCUT2D eigenvalue weighted by Crippen LogP contribution is 2.35. The summed E-state index contributed by atoms with van der Waals surface area (Å²) in [6.45, 7) is 2.28. The summed E-state index contributed by atoms with van der Waals surface area (Å²) >= 11 is 5.61. The Bertz CT molecular complexity index is 837. The van der Waals surface area contributed by atoms with E-state index in [1.807, 2.05) is 11.5 Å². The summed E-state index contributed by atoms with van der Waals surface area (Å²) in [6.07, 6.45) is 0.500. The van der Waals surface area contributed by atoms with Crippen LogP contribution in [0, 0.1) is 6.92 Å². The summed E-state index contributed by atoms with van der Waals surface area (Å²) in [5.41, 5.74) is -0.0587. The Kier molecular flexibility index (Phi) is 3.85. The summed E-state index contributed by atoms with van der Waals surface area (Å²) in [5, 5.41) is 7.49. The molecule has 0 saturated heterocycles. The van der Waals surface area contributed by atoms with Crippen molar-refractivity contribution in [3.63, 3.8) is 0 Å². The maximum absolute atomic E-state index is 12.9. The molecule has 0 atom stereocenters. The molecule has 0 saturated carbocycles. The topological polar surface area (TPSA) is 48.5 Å². The minimum absolute atomic E-state index is 0.239. The van der Waals surface area contributed by atoms with Gasteiger partial charge >= 0.3 is 6.18 Å². The molecule has 0 bridgehead atoms. The van der Waals surface area contributed by atoms with E-state index in [2.05, 4.69) is 15.3 Å². The Morgan fingerprint density at radius 2 is 2.04 bits per heavy atom. The van der Waals surface area contributed by atoms with Gasteiger partial charge < -0.3 is 4.57 Å². The van der Waals surface area contributed by atoms with Crippen molar-refractivity contribution < 1.29 is 13.2 Å². The first-order valence-corrected chi connectivity index (χ1v) is 6.98. The highest BCUT2D eigenvalue weighted by Gasteiger charge is 2.33. The molecule has 0 fully saturated rings. The Morgan fingerprint density at radius 1 is 1.26 bits per heavy atom. The number of halogens is 4. The number of aryl methyl sites for hydroxylation is 1. The molecule has 23 heavy (non-hydrogen) atoms. The molecule has 3 aromatic rings. The summed E-state index contributed by atoms with van der Waals surface area (Å²) < 4.78 is 41.9. The van der Waals surface area contributed by atoms with Gasteiger partial charge in [-0.2, -0.15) is 13.2 Å². The molecule has 0 aliphatic rings. The van der Waals surface area contributed by atoms with E-state index in [0.29, 0.717) is 12.2 Å². The highest BCUT2D eigenvalue weighted by atomic mass is 35.5. The molecule has 2 aromatic heterocycles. The fourth-order valence-corrected chi connectivity index (χ4v) is 2.34. The Hall–Kier alpha value is -2.35. The average molecular weight is 342 g/mol. The van der Waals surface area contributed by atoms with Crippen molar-refractivity contribution in [2.24, 2.45) is 0 Å². The molecular weight excluding hydrogens is 331 g/mol. The monoisotopic (exact) mass is 341 g/mol. The second-order valence-electron chi connectivity index (χ2n) is 4.92. The van der Waals surface area contributed by atoms with Gasteiger partial charge in [0.05, 0.1) is 29.0 Å². The zero-order valence-corrected chi connectivity index (χ0v) is 12.7. The van der Waals surface area contributed by atoms with Gasteiger partial charge in [0, 0.05) is 12.4 Å². The molecule has 0 radical (unpaired) electrons. The number of aromatic nitrogens is 5. The van der Waals surface area contributed by atoms with Crippen molar-refractivity contribution in [2.75, 3.05) is 0 Å². The van der Waals surface area contributed by atoms with Crippen LogP contribution in [-0.2, 0) is 12.7 Å². The summed E-state index contributed by atoms with van der Waals surface area (Å²) in [6, 6.07) is 3.60. The third-order valence-corrected chi connectivity index (χ3v) is 3.65. The molecular formula is C14H11ClF3N5. The van der Waals surface area contributed by atoms with E-state index in [1.54, 1.807) is 18.6 Å². The van der Waals surface area contributed by atoms with Crippen LogP contribution in [0.2, 0.25) is 5.02 Å². The Morgan fingerprint density at radius 3 is 2.70 bits per heavy atom. The van der Waals surface area contributed by atoms with Crippen LogP contribution in [0.4, 0.5) is 13.2 Å². The van der Waals surface area contributed by atoms with Crippen molar-refractivity contribution in [1.82, 2.24) is 24.5 Å². The molecule has 0 spiro atoms. The van der Waals surface area contributed by atoms with Gasteiger partial charge in [0.2, 0.25) is 0 Å². The molecule has 0 aliphatic carbocycles. The van der Waals surface area contributed by atoms with E-state index in [1.165, 1.54) is 16.8 Å². The predicted octanol–water partition coefficient (Wildman–Crippen LogP) is 3.49. The summed E-state index contributed by atoms with van der Waals surface area (Å²) in [5.74, 6) is 0.811. The number of rotatable bonds is 3. The van der Waals surface area contributed by atoms with Crippen LogP contribution in [0.25, 0.3) is 5.69 Å². The average Bonchev–Trinajstić information content (AvgIpc) is 3.09. The number of benzene rings is 1. The maximum atomic E-state index is 12.9. The zero-order valence-electron chi connectivity index (χ0n) is 11.9. The summed E-state index contributed by atoms with van der Waals surface area (Å²) in [7, 11) is 0. The largest absolute Gasteiger partial charge is 0.417 e. The smallest absolute Gasteiger partial charge is 0.329 e. The molecule has 0 aliphatic heterocycles. The molecule has 3 rings (SSSR count). The lowest BCUT2D eigenvalue weighted by Crippen LogP contribution is -2.07. The van der Waals surface area contributed by atoms with Crippen molar-refractivity contribution in [3.8, 4) is 5.69 Å². The summed E-state index contributed by atoms with van der Waals surface area (Å²) in [4.78, 5) is 4.09. The molecule has 2 heterocycles. The zero-order chi connectivity index (χ0) is 16.6. The Labute approximate surface area is 134 Å². The molecule has 5 nitrogen and oxygen atoms in total. The van der Waals surface area contributed by atoms with E-state index < -0.39 is 11.7 Å². The lowest BCUT2D eigenvalue weighted by atomic mass is 10.2. The molecule has 0 unspecified atom stereocenters. The molecule has 1 aromatic carbocycles.